The van der Waals surface area contributed by atoms with Gasteiger partial charge in [-0.2, -0.15) is 0 Å². The maximum atomic E-state index is 6.68. The molecule has 0 fully saturated rings. The molecule has 0 radical (unpaired) electrons. The quantitative estimate of drug-likeness (QED) is 0.229. The SMILES string of the molecule is Cc1cc(-c2cc3ccnc(-c4cc(C(C)(C)C)c5ccccc5c4)c3o2)cc2c1-c1cccc3cccc-2c13. The van der Waals surface area contributed by atoms with E-state index in [2.05, 4.69) is 119 Å². The van der Waals surface area contributed by atoms with E-state index in [1.165, 1.54) is 54.9 Å². The van der Waals surface area contributed by atoms with Crippen molar-refractivity contribution in [2.45, 2.75) is 33.1 Å². The fraction of sp³-hybridized carbons (Fsp3) is 0.132. The Labute approximate surface area is 233 Å². The molecule has 0 saturated heterocycles. The van der Waals surface area contributed by atoms with E-state index in [4.69, 9.17) is 9.40 Å². The molecule has 2 aromatic heterocycles. The van der Waals surface area contributed by atoms with E-state index < -0.39 is 0 Å². The molecule has 7 aromatic rings. The van der Waals surface area contributed by atoms with Gasteiger partial charge in [-0.25, -0.2) is 0 Å². The fourth-order valence-corrected chi connectivity index (χ4v) is 6.65. The van der Waals surface area contributed by atoms with Gasteiger partial charge in [-0.1, -0.05) is 81.4 Å². The second kappa shape index (κ2) is 8.16. The Morgan fingerprint density at radius 3 is 2.25 bits per heavy atom. The summed E-state index contributed by atoms with van der Waals surface area (Å²) >= 11 is 0. The molecule has 5 aromatic carbocycles. The van der Waals surface area contributed by atoms with Crippen molar-refractivity contribution in [1.29, 1.82) is 0 Å². The van der Waals surface area contributed by atoms with Crippen LogP contribution >= 0.6 is 0 Å². The predicted octanol–water partition coefficient (Wildman–Crippen LogP) is 10.7. The number of aromatic nitrogens is 1. The highest BCUT2D eigenvalue weighted by molar-refractivity contribution is 6.16. The lowest BCUT2D eigenvalue weighted by Gasteiger charge is -2.22. The van der Waals surface area contributed by atoms with Crippen molar-refractivity contribution in [2.75, 3.05) is 0 Å². The average molecular weight is 516 g/mol. The molecule has 0 atom stereocenters. The normalized spacial score (nSPS) is 12.5. The van der Waals surface area contributed by atoms with Gasteiger partial charge in [0.05, 0.1) is 0 Å². The van der Waals surface area contributed by atoms with Gasteiger partial charge < -0.3 is 4.42 Å². The monoisotopic (exact) mass is 515 g/mol. The lowest BCUT2D eigenvalue weighted by atomic mass is 9.82. The Morgan fingerprint density at radius 2 is 1.43 bits per heavy atom. The smallest absolute Gasteiger partial charge is 0.161 e. The van der Waals surface area contributed by atoms with Crippen LogP contribution in [0.25, 0.3) is 77.3 Å². The van der Waals surface area contributed by atoms with Crippen molar-refractivity contribution in [3.63, 3.8) is 0 Å². The van der Waals surface area contributed by atoms with Crippen LogP contribution in [0.15, 0.2) is 108 Å². The van der Waals surface area contributed by atoms with Crippen LogP contribution in [0.3, 0.4) is 0 Å². The zero-order chi connectivity index (χ0) is 27.2. The van der Waals surface area contributed by atoms with Crippen LogP contribution in [-0.2, 0) is 5.41 Å². The molecular formula is C38H29NO. The summed E-state index contributed by atoms with van der Waals surface area (Å²) in [6, 6.07) is 35.2. The minimum absolute atomic E-state index is 0.000210. The molecular weight excluding hydrogens is 486 g/mol. The number of pyridine rings is 1. The zero-order valence-electron chi connectivity index (χ0n) is 23.2. The standard InChI is InChI=1S/C38H29NO/c1-22-17-26(19-31-29-13-7-10-23-11-8-14-30(34(22)31)35(23)29)33-21-25-15-16-39-36(37(25)40-33)27-18-24-9-5-6-12-28(24)32(20-27)38(2,3)4/h5-21H,1-4H3. The second-order valence-electron chi connectivity index (χ2n) is 12.1. The summed E-state index contributed by atoms with van der Waals surface area (Å²) in [5.41, 5.74) is 11.7. The summed E-state index contributed by atoms with van der Waals surface area (Å²) in [4.78, 5) is 4.85. The van der Waals surface area contributed by atoms with Crippen LogP contribution < -0.4 is 0 Å². The summed E-state index contributed by atoms with van der Waals surface area (Å²) in [6.07, 6.45) is 1.90. The first-order valence-electron chi connectivity index (χ1n) is 14.0. The molecule has 40 heavy (non-hydrogen) atoms. The van der Waals surface area contributed by atoms with Gasteiger partial charge in [0.2, 0.25) is 0 Å². The fourth-order valence-electron chi connectivity index (χ4n) is 6.65. The third kappa shape index (κ3) is 3.32. The third-order valence-corrected chi connectivity index (χ3v) is 8.46. The molecule has 0 saturated carbocycles. The highest BCUT2D eigenvalue weighted by Crippen LogP contribution is 2.50. The summed E-state index contributed by atoms with van der Waals surface area (Å²) < 4.78 is 6.68. The highest BCUT2D eigenvalue weighted by atomic mass is 16.3. The van der Waals surface area contributed by atoms with Crippen LogP contribution in [0.4, 0.5) is 0 Å². The number of hydrogen-bond acceptors (Lipinski definition) is 2. The van der Waals surface area contributed by atoms with E-state index in [-0.39, 0.29) is 5.41 Å². The Balaban J connectivity index is 1.31. The molecule has 2 nitrogen and oxygen atoms in total. The molecule has 0 unspecified atom stereocenters. The number of rotatable bonds is 2. The van der Waals surface area contributed by atoms with Crippen LogP contribution in [-0.4, -0.2) is 4.98 Å². The Kier molecular flexibility index (Phi) is 4.74. The van der Waals surface area contributed by atoms with E-state index >= 15 is 0 Å². The first kappa shape index (κ1) is 23.2. The molecule has 0 amide bonds. The van der Waals surface area contributed by atoms with E-state index in [1.807, 2.05) is 12.3 Å². The van der Waals surface area contributed by atoms with Crippen LogP contribution in [0.5, 0.6) is 0 Å². The second-order valence-corrected chi connectivity index (χ2v) is 12.1. The molecule has 1 aliphatic rings. The minimum atomic E-state index is 0.000210. The van der Waals surface area contributed by atoms with Crippen LogP contribution in [0, 0.1) is 6.92 Å². The zero-order valence-corrected chi connectivity index (χ0v) is 23.2. The number of benzene rings is 5. The molecule has 2 heterocycles. The van der Waals surface area contributed by atoms with Gasteiger partial charge in [0, 0.05) is 22.7 Å². The number of fused-ring (bicyclic) bond motifs is 5. The number of aryl methyl sites for hydroxylation is 1. The van der Waals surface area contributed by atoms with Gasteiger partial charge in [-0.3, -0.25) is 4.98 Å². The van der Waals surface area contributed by atoms with Crippen LogP contribution in [0.1, 0.15) is 31.9 Å². The molecule has 0 spiro atoms. The predicted molar refractivity (Wildman–Crippen MR) is 168 cm³/mol. The van der Waals surface area contributed by atoms with Gasteiger partial charge in [0.1, 0.15) is 11.5 Å². The Hall–Kier alpha value is -4.69. The Bertz CT molecular complexity index is 2150. The van der Waals surface area contributed by atoms with Crippen molar-refractivity contribution < 1.29 is 4.42 Å². The van der Waals surface area contributed by atoms with Crippen molar-refractivity contribution >= 4 is 32.5 Å². The lowest BCUT2D eigenvalue weighted by molar-refractivity contribution is 0.596. The Morgan fingerprint density at radius 1 is 0.650 bits per heavy atom. The van der Waals surface area contributed by atoms with Gasteiger partial charge in [-0.15, -0.1) is 0 Å². The number of furan rings is 1. The highest BCUT2D eigenvalue weighted by Gasteiger charge is 2.25. The van der Waals surface area contributed by atoms with E-state index in [0.717, 1.165) is 33.6 Å². The molecule has 1 aliphatic carbocycles. The van der Waals surface area contributed by atoms with Crippen molar-refractivity contribution in [1.82, 2.24) is 4.98 Å². The molecule has 0 aliphatic heterocycles. The summed E-state index contributed by atoms with van der Waals surface area (Å²) in [5.74, 6) is 0.870. The largest absolute Gasteiger partial charge is 0.454 e. The van der Waals surface area contributed by atoms with Crippen molar-refractivity contribution in [3.8, 4) is 44.8 Å². The first-order valence-corrected chi connectivity index (χ1v) is 14.0. The minimum Gasteiger partial charge on any atom is -0.454 e. The maximum Gasteiger partial charge on any atom is 0.161 e. The summed E-state index contributed by atoms with van der Waals surface area (Å²) in [7, 11) is 0. The third-order valence-electron chi connectivity index (χ3n) is 8.46. The summed E-state index contributed by atoms with van der Waals surface area (Å²) in [6.45, 7) is 9.03. The number of nitrogens with zero attached hydrogens (tertiary/aromatic N) is 1. The molecule has 8 rings (SSSR count). The molecule has 192 valence electrons. The molecule has 2 heteroatoms. The van der Waals surface area contributed by atoms with Gasteiger partial charge in [0.25, 0.3) is 0 Å². The van der Waals surface area contributed by atoms with Crippen molar-refractivity contribution in [3.05, 3.63) is 114 Å². The maximum absolute atomic E-state index is 6.68. The topological polar surface area (TPSA) is 26.0 Å². The van der Waals surface area contributed by atoms with Crippen LogP contribution in [0.2, 0.25) is 0 Å². The van der Waals surface area contributed by atoms with Crippen molar-refractivity contribution in [2.24, 2.45) is 0 Å². The molecule has 0 N–H and O–H groups in total. The van der Waals surface area contributed by atoms with Gasteiger partial charge in [0.15, 0.2) is 5.58 Å². The van der Waals surface area contributed by atoms with E-state index in [0.29, 0.717) is 0 Å². The lowest BCUT2D eigenvalue weighted by Crippen LogP contribution is -2.12. The van der Waals surface area contributed by atoms with Gasteiger partial charge in [-0.05, 0) is 104 Å². The summed E-state index contributed by atoms with van der Waals surface area (Å²) in [5, 5.41) is 6.21. The van der Waals surface area contributed by atoms with E-state index in [9.17, 15) is 0 Å². The first-order chi connectivity index (χ1) is 19.4. The average Bonchev–Trinajstić information content (AvgIpc) is 3.53. The molecule has 0 bridgehead atoms. The van der Waals surface area contributed by atoms with E-state index in [1.54, 1.807) is 0 Å². The van der Waals surface area contributed by atoms with Gasteiger partial charge >= 0.3 is 0 Å². The number of hydrogen-bond donors (Lipinski definition) is 0.